The van der Waals surface area contributed by atoms with Crippen molar-refractivity contribution in [3.63, 3.8) is 0 Å². The van der Waals surface area contributed by atoms with Crippen LogP contribution in [0.1, 0.15) is 44.7 Å². The summed E-state index contributed by atoms with van der Waals surface area (Å²) in [4.78, 5) is 12.5. The third kappa shape index (κ3) is 3.10. The highest BCUT2D eigenvalue weighted by molar-refractivity contribution is 5.82. The van der Waals surface area contributed by atoms with Gasteiger partial charge in [0.1, 0.15) is 0 Å². The lowest BCUT2D eigenvalue weighted by Gasteiger charge is -2.41. The van der Waals surface area contributed by atoms with Gasteiger partial charge in [-0.05, 0) is 38.1 Å². The van der Waals surface area contributed by atoms with Gasteiger partial charge < -0.3 is 10.6 Å². The molecule has 6 nitrogen and oxygen atoms in total. The van der Waals surface area contributed by atoms with Gasteiger partial charge in [0.2, 0.25) is 5.91 Å². The summed E-state index contributed by atoms with van der Waals surface area (Å²) in [6.45, 7) is 4.27. The van der Waals surface area contributed by atoms with E-state index in [1.807, 2.05) is 11.6 Å². The molecule has 1 saturated carbocycles. The number of aromatic nitrogens is 3. The maximum absolute atomic E-state index is 12.5. The molecular formula is C15H25N5O. The standard InChI is InChI=1S/C15H25N5O/c1-2-20-12(10-18-19-20)9-17-15(21)14-13-6-4-3-5-11(13)7-8-16-14/h10-11,13-14,16H,2-9H2,1H3,(H,17,21). The van der Waals surface area contributed by atoms with E-state index in [0.717, 1.165) is 24.7 Å². The molecule has 0 aromatic carbocycles. The summed E-state index contributed by atoms with van der Waals surface area (Å²) in [5.74, 6) is 1.38. The molecule has 3 rings (SSSR count). The Morgan fingerprint density at radius 2 is 2.29 bits per heavy atom. The van der Waals surface area contributed by atoms with Crippen LogP contribution in [-0.4, -0.2) is 33.5 Å². The molecule has 2 aliphatic rings. The molecule has 1 saturated heterocycles. The zero-order chi connectivity index (χ0) is 14.7. The fourth-order valence-electron chi connectivity index (χ4n) is 3.87. The van der Waals surface area contributed by atoms with Crippen molar-refractivity contribution in [2.45, 2.75) is 58.2 Å². The molecular weight excluding hydrogens is 266 g/mol. The maximum atomic E-state index is 12.5. The molecule has 2 heterocycles. The molecule has 6 heteroatoms. The largest absolute Gasteiger partial charge is 0.349 e. The van der Waals surface area contributed by atoms with E-state index < -0.39 is 0 Å². The normalized spacial score (nSPS) is 28.9. The third-order valence-electron chi connectivity index (χ3n) is 5.00. The number of carbonyl (C=O) groups is 1. The van der Waals surface area contributed by atoms with Crippen LogP contribution in [0.25, 0.3) is 0 Å². The van der Waals surface area contributed by atoms with Gasteiger partial charge >= 0.3 is 0 Å². The molecule has 2 N–H and O–H groups in total. The van der Waals surface area contributed by atoms with Crippen molar-refractivity contribution in [1.82, 2.24) is 25.6 Å². The van der Waals surface area contributed by atoms with Gasteiger partial charge in [0, 0.05) is 6.54 Å². The number of piperidine rings is 1. The highest BCUT2D eigenvalue weighted by atomic mass is 16.2. The number of carbonyl (C=O) groups excluding carboxylic acids is 1. The van der Waals surface area contributed by atoms with Crippen LogP contribution in [0.5, 0.6) is 0 Å². The quantitative estimate of drug-likeness (QED) is 0.871. The topological polar surface area (TPSA) is 71.8 Å². The van der Waals surface area contributed by atoms with Crippen LogP contribution < -0.4 is 10.6 Å². The van der Waals surface area contributed by atoms with Crippen molar-refractivity contribution in [2.24, 2.45) is 11.8 Å². The molecule has 116 valence electrons. The third-order valence-corrected chi connectivity index (χ3v) is 5.00. The lowest BCUT2D eigenvalue weighted by atomic mass is 9.71. The summed E-state index contributed by atoms with van der Waals surface area (Å²) in [5, 5.41) is 14.4. The summed E-state index contributed by atoms with van der Waals surface area (Å²) in [5.41, 5.74) is 0.960. The van der Waals surface area contributed by atoms with Crippen LogP contribution in [0.3, 0.4) is 0 Å². The molecule has 1 aliphatic carbocycles. The molecule has 2 fully saturated rings. The van der Waals surface area contributed by atoms with E-state index in [2.05, 4.69) is 20.9 Å². The van der Waals surface area contributed by atoms with Crippen molar-refractivity contribution in [3.05, 3.63) is 11.9 Å². The van der Waals surface area contributed by atoms with Gasteiger partial charge in [-0.1, -0.05) is 24.5 Å². The zero-order valence-corrected chi connectivity index (χ0v) is 12.7. The van der Waals surface area contributed by atoms with Crippen molar-refractivity contribution in [3.8, 4) is 0 Å². The van der Waals surface area contributed by atoms with Crippen molar-refractivity contribution < 1.29 is 4.79 Å². The predicted molar refractivity (Wildman–Crippen MR) is 79.4 cm³/mol. The van der Waals surface area contributed by atoms with Crippen molar-refractivity contribution in [1.29, 1.82) is 0 Å². The van der Waals surface area contributed by atoms with Crippen LogP contribution in [-0.2, 0) is 17.9 Å². The fourth-order valence-corrected chi connectivity index (χ4v) is 3.87. The van der Waals surface area contributed by atoms with Gasteiger partial charge in [-0.15, -0.1) is 5.10 Å². The fraction of sp³-hybridized carbons (Fsp3) is 0.800. The lowest BCUT2D eigenvalue weighted by Crippen LogP contribution is -2.55. The second-order valence-electron chi connectivity index (χ2n) is 6.19. The number of rotatable bonds is 4. The molecule has 0 spiro atoms. The smallest absolute Gasteiger partial charge is 0.237 e. The number of aryl methyl sites for hydroxylation is 1. The first-order valence-corrected chi connectivity index (χ1v) is 8.18. The molecule has 21 heavy (non-hydrogen) atoms. The second kappa shape index (κ2) is 6.56. The summed E-state index contributed by atoms with van der Waals surface area (Å²) in [6, 6.07) is -0.0185. The van der Waals surface area contributed by atoms with E-state index >= 15 is 0 Å². The summed E-state index contributed by atoms with van der Waals surface area (Å²) in [7, 11) is 0. The van der Waals surface area contributed by atoms with Gasteiger partial charge in [0.15, 0.2) is 0 Å². The van der Waals surface area contributed by atoms with Crippen LogP contribution >= 0.6 is 0 Å². The number of amides is 1. The van der Waals surface area contributed by atoms with Gasteiger partial charge in [-0.3, -0.25) is 4.79 Å². The van der Waals surface area contributed by atoms with Crippen molar-refractivity contribution in [2.75, 3.05) is 6.54 Å². The maximum Gasteiger partial charge on any atom is 0.237 e. The molecule has 1 aromatic rings. The summed E-state index contributed by atoms with van der Waals surface area (Å²) in [6.07, 6.45) is 8.02. The van der Waals surface area contributed by atoms with Gasteiger partial charge in [-0.2, -0.15) is 0 Å². The number of nitrogens with one attached hydrogen (secondary N) is 2. The zero-order valence-electron chi connectivity index (χ0n) is 12.7. The summed E-state index contributed by atoms with van der Waals surface area (Å²) >= 11 is 0. The Bertz CT molecular complexity index is 484. The first-order valence-electron chi connectivity index (χ1n) is 8.18. The molecule has 1 amide bonds. The second-order valence-corrected chi connectivity index (χ2v) is 6.19. The van der Waals surface area contributed by atoms with E-state index in [1.165, 1.54) is 32.1 Å². The molecule has 3 atom stereocenters. The number of hydrogen-bond acceptors (Lipinski definition) is 4. The number of nitrogens with zero attached hydrogens (tertiary/aromatic N) is 3. The van der Waals surface area contributed by atoms with Gasteiger partial charge in [0.25, 0.3) is 0 Å². The first kappa shape index (κ1) is 14.5. The summed E-state index contributed by atoms with van der Waals surface area (Å²) < 4.78 is 1.82. The molecule has 1 aromatic heterocycles. The monoisotopic (exact) mass is 291 g/mol. The Hall–Kier alpha value is -1.43. The van der Waals surface area contributed by atoms with Gasteiger partial charge in [-0.25, -0.2) is 4.68 Å². The Labute approximate surface area is 125 Å². The van der Waals surface area contributed by atoms with Crippen LogP contribution in [0.4, 0.5) is 0 Å². The van der Waals surface area contributed by atoms with Gasteiger partial charge in [0.05, 0.1) is 24.5 Å². The van der Waals surface area contributed by atoms with E-state index in [0.29, 0.717) is 12.5 Å². The van der Waals surface area contributed by atoms with Crippen LogP contribution in [0.2, 0.25) is 0 Å². The Morgan fingerprint density at radius 1 is 1.43 bits per heavy atom. The van der Waals surface area contributed by atoms with Crippen LogP contribution in [0.15, 0.2) is 6.20 Å². The van der Waals surface area contributed by atoms with E-state index in [1.54, 1.807) is 6.20 Å². The Balaban J connectivity index is 1.59. The minimum Gasteiger partial charge on any atom is -0.349 e. The first-order chi connectivity index (χ1) is 10.3. The van der Waals surface area contributed by atoms with Crippen LogP contribution in [0, 0.1) is 11.8 Å². The number of fused-ring (bicyclic) bond motifs is 1. The lowest BCUT2D eigenvalue weighted by molar-refractivity contribution is -0.126. The van der Waals surface area contributed by atoms with Crippen molar-refractivity contribution >= 4 is 5.91 Å². The SMILES string of the molecule is CCn1nncc1CNC(=O)C1NCCC2CCCCC21. The predicted octanol–water partition coefficient (Wildman–Crippen LogP) is 1.08. The molecule has 3 unspecified atom stereocenters. The average molecular weight is 291 g/mol. The van der Waals surface area contributed by atoms with E-state index in [9.17, 15) is 4.79 Å². The minimum absolute atomic E-state index is 0.0185. The average Bonchev–Trinajstić information content (AvgIpc) is 2.99. The van der Waals surface area contributed by atoms with E-state index in [4.69, 9.17) is 0 Å². The highest BCUT2D eigenvalue weighted by Crippen LogP contribution is 2.36. The Morgan fingerprint density at radius 3 is 3.14 bits per heavy atom. The molecule has 0 bridgehead atoms. The highest BCUT2D eigenvalue weighted by Gasteiger charge is 2.38. The number of hydrogen-bond donors (Lipinski definition) is 2. The minimum atomic E-state index is -0.0185. The van der Waals surface area contributed by atoms with E-state index in [-0.39, 0.29) is 11.9 Å². The Kier molecular flexibility index (Phi) is 4.53. The molecule has 1 aliphatic heterocycles. The molecule has 0 radical (unpaired) electrons.